The number of nitrogens with zero attached hydrogens (tertiary/aromatic N) is 1. The van der Waals surface area contributed by atoms with Crippen LogP contribution in [-0.4, -0.2) is 47.6 Å². The van der Waals surface area contributed by atoms with Crippen molar-refractivity contribution < 1.29 is 14.7 Å². The number of rotatable bonds is 5. The molecule has 1 aliphatic rings. The van der Waals surface area contributed by atoms with Crippen LogP contribution in [0.1, 0.15) is 35.0 Å². The van der Waals surface area contributed by atoms with Gasteiger partial charge in [-0.3, -0.25) is 4.79 Å². The third-order valence-corrected chi connectivity index (χ3v) is 4.46. The fourth-order valence-electron chi connectivity index (χ4n) is 2.44. The van der Waals surface area contributed by atoms with Crippen molar-refractivity contribution in [2.45, 2.75) is 25.8 Å². The van der Waals surface area contributed by atoms with E-state index in [0.29, 0.717) is 5.56 Å². The summed E-state index contributed by atoms with van der Waals surface area (Å²) in [5.74, 6) is -1.07. The van der Waals surface area contributed by atoms with Gasteiger partial charge in [0.2, 0.25) is 0 Å². The number of thiophene rings is 1. The minimum absolute atomic E-state index is 0.0795. The van der Waals surface area contributed by atoms with E-state index in [0.717, 1.165) is 43.4 Å². The standard InChI is InChI=1S/C15H20N2O3S/c1-2-17-7-3-4-12(9-17)16-15(20)11-8-13(21-10-11)5-6-14(18)19/h5-6,8,10,12H,2-4,7,9H2,1H3,(H,16,20)(H,18,19). The quantitative estimate of drug-likeness (QED) is 0.817. The van der Waals surface area contributed by atoms with E-state index in [9.17, 15) is 9.59 Å². The molecular weight excluding hydrogens is 288 g/mol. The lowest BCUT2D eigenvalue weighted by Gasteiger charge is -2.32. The lowest BCUT2D eigenvalue weighted by molar-refractivity contribution is -0.131. The van der Waals surface area contributed by atoms with E-state index in [1.54, 1.807) is 11.4 Å². The van der Waals surface area contributed by atoms with E-state index in [1.165, 1.54) is 17.4 Å². The lowest BCUT2D eigenvalue weighted by Crippen LogP contribution is -2.47. The van der Waals surface area contributed by atoms with E-state index < -0.39 is 5.97 Å². The zero-order chi connectivity index (χ0) is 15.2. The average molecular weight is 308 g/mol. The number of piperidine rings is 1. The zero-order valence-electron chi connectivity index (χ0n) is 12.0. The van der Waals surface area contributed by atoms with Gasteiger partial charge in [0.05, 0.1) is 5.56 Å². The Labute approximate surface area is 128 Å². The highest BCUT2D eigenvalue weighted by Gasteiger charge is 2.21. The average Bonchev–Trinajstić information content (AvgIpc) is 2.94. The number of nitrogens with one attached hydrogen (secondary N) is 1. The van der Waals surface area contributed by atoms with Gasteiger partial charge in [-0.15, -0.1) is 11.3 Å². The summed E-state index contributed by atoms with van der Waals surface area (Å²) in [4.78, 5) is 25.8. The van der Waals surface area contributed by atoms with Crippen LogP contribution in [0.2, 0.25) is 0 Å². The molecule has 2 heterocycles. The molecule has 1 atom stereocenters. The Morgan fingerprint density at radius 1 is 1.57 bits per heavy atom. The summed E-state index contributed by atoms with van der Waals surface area (Å²) in [5.41, 5.74) is 0.596. The number of amides is 1. The number of hydrogen-bond donors (Lipinski definition) is 2. The van der Waals surface area contributed by atoms with Crippen LogP contribution in [-0.2, 0) is 4.79 Å². The van der Waals surface area contributed by atoms with Crippen LogP contribution in [0.5, 0.6) is 0 Å². The third kappa shape index (κ3) is 4.68. The summed E-state index contributed by atoms with van der Waals surface area (Å²) in [5, 5.41) is 13.4. The van der Waals surface area contributed by atoms with Gasteiger partial charge >= 0.3 is 5.97 Å². The molecule has 0 saturated carbocycles. The molecule has 0 aromatic carbocycles. The maximum atomic E-state index is 12.2. The van der Waals surface area contributed by atoms with Crippen molar-refractivity contribution in [3.63, 3.8) is 0 Å². The largest absolute Gasteiger partial charge is 0.478 e. The van der Waals surface area contributed by atoms with Gasteiger partial charge in [-0.1, -0.05) is 6.92 Å². The van der Waals surface area contributed by atoms with E-state index in [2.05, 4.69) is 17.1 Å². The molecule has 1 saturated heterocycles. The van der Waals surface area contributed by atoms with Gasteiger partial charge in [0.25, 0.3) is 5.91 Å². The first-order valence-electron chi connectivity index (χ1n) is 7.11. The van der Waals surface area contributed by atoms with Crippen molar-refractivity contribution in [3.8, 4) is 0 Å². The first-order chi connectivity index (χ1) is 10.1. The molecule has 1 fully saturated rings. The monoisotopic (exact) mass is 308 g/mol. The molecular formula is C15H20N2O3S. The molecule has 0 aliphatic carbocycles. The topological polar surface area (TPSA) is 69.6 Å². The summed E-state index contributed by atoms with van der Waals surface area (Å²) in [7, 11) is 0. The molecule has 1 amide bonds. The van der Waals surface area contributed by atoms with Gasteiger partial charge in [0, 0.05) is 28.9 Å². The normalized spacial score (nSPS) is 19.8. The van der Waals surface area contributed by atoms with Crippen LogP contribution < -0.4 is 5.32 Å². The van der Waals surface area contributed by atoms with Crippen molar-refractivity contribution in [1.82, 2.24) is 10.2 Å². The van der Waals surface area contributed by atoms with Gasteiger partial charge in [0.15, 0.2) is 0 Å². The number of likely N-dealkylation sites (N-methyl/N-ethyl adjacent to an activating group) is 1. The van der Waals surface area contributed by atoms with Gasteiger partial charge in [-0.2, -0.15) is 0 Å². The molecule has 1 aliphatic heterocycles. The molecule has 6 heteroatoms. The Bertz CT molecular complexity index is 539. The highest BCUT2D eigenvalue weighted by Crippen LogP contribution is 2.17. The van der Waals surface area contributed by atoms with Crippen molar-refractivity contribution in [2.24, 2.45) is 0 Å². The van der Waals surface area contributed by atoms with Gasteiger partial charge in [-0.25, -0.2) is 4.79 Å². The number of carbonyl (C=O) groups is 2. The second-order valence-electron chi connectivity index (χ2n) is 5.12. The first-order valence-corrected chi connectivity index (χ1v) is 7.99. The highest BCUT2D eigenvalue weighted by atomic mass is 32.1. The zero-order valence-corrected chi connectivity index (χ0v) is 12.9. The van der Waals surface area contributed by atoms with Crippen molar-refractivity contribution in [3.05, 3.63) is 28.0 Å². The molecule has 0 spiro atoms. The van der Waals surface area contributed by atoms with Gasteiger partial charge in [-0.05, 0) is 38.1 Å². The molecule has 114 valence electrons. The third-order valence-electron chi connectivity index (χ3n) is 3.56. The molecule has 0 radical (unpaired) electrons. The van der Waals surface area contributed by atoms with Crippen LogP contribution >= 0.6 is 11.3 Å². The van der Waals surface area contributed by atoms with Gasteiger partial charge in [0.1, 0.15) is 0 Å². The summed E-state index contributed by atoms with van der Waals surface area (Å²) in [6.07, 6.45) is 4.70. The van der Waals surface area contributed by atoms with Crippen LogP contribution in [0.15, 0.2) is 17.5 Å². The van der Waals surface area contributed by atoms with E-state index >= 15 is 0 Å². The second-order valence-corrected chi connectivity index (χ2v) is 6.06. The smallest absolute Gasteiger partial charge is 0.328 e. The molecule has 0 bridgehead atoms. The SMILES string of the molecule is CCN1CCCC(NC(=O)c2csc(C=CC(=O)O)c2)C1. The fourth-order valence-corrected chi connectivity index (χ4v) is 3.22. The van der Waals surface area contributed by atoms with Gasteiger partial charge < -0.3 is 15.3 Å². The number of carboxylic acid groups (broad SMARTS) is 1. The first kappa shape index (κ1) is 15.7. The Morgan fingerprint density at radius 3 is 3.10 bits per heavy atom. The Balaban J connectivity index is 1.92. The Morgan fingerprint density at radius 2 is 2.38 bits per heavy atom. The molecule has 1 unspecified atom stereocenters. The highest BCUT2D eigenvalue weighted by molar-refractivity contribution is 7.11. The van der Waals surface area contributed by atoms with Crippen LogP contribution in [0.25, 0.3) is 6.08 Å². The van der Waals surface area contributed by atoms with E-state index in [1.807, 2.05) is 0 Å². The Hall–Kier alpha value is -1.66. The van der Waals surface area contributed by atoms with E-state index in [-0.39, 0.29) is 11.9 Å². The van der Waals surface area contributed by atoms with Crippen LogP contribution in [0.4, 0.5) is 0 Å². The number of aliphatic carboxylic acids is 1. The maximum absolute atomic E-state index is 12.2. The minimum atomic E-state index is -0.990. The number of carboxylic acids is 1. The number of likely N-dealkylation sites (tertiary alicyclic amines) is 1. The molecule has 21 heavy (non-hydrogen) atoms. The number of hydrogen-bond acceptors (Lipinski definition) is 4. The minimum Gasteiger partial charge on any atom is -0.478 e. The van der Waals surface area contributed by atoms with Crippen LogP contribution in [0, 0.1) is 0 Å². The lowest BCUT2D eigenvalue weighted by atomic mass is 10.1. The number of carbonyl (C=O) groups excluding carboxylic acids is 1. The molecule has 5 nitrogen and oxygen atoms in total. The fraction of sp³-hybridized carbons (Fsp3) is 0.467. The van der Waals surface area contributed by atoms with Crippen molar-refractivity contribution >= 4 is 29.3 Å². The molecule has 1 aromatic rings. The molecule has 1 aromatic heterocycles. The summed E-state index contributed by atoms with van der Waals surface area (Å²) in [6, 6.07) is 1.92. The Kier molecular flexibility index (Phi) is 5.52. The van der Waals surface area contributed by atoms with Crippen molar-refractivity contribution in [1.29, 1.82) is 0 Å². The molecule has 2 rings (SSSR count). The second kappa shape index (κ2) is 7.38. The predicted octanol–water partition coefficient (Wildman–Crippen LogP) is 2.06. The summed E-state index contributed by atoms with van der Waals surface area (Å²) < 4.78 is 0. The summed E-state index contributed by atoms with van der Waals surface area (Å²) in [6.45, 7) is 5.14. The van der Waals surface area contributed by atoms with Crippen LogP contribution in [0.3, 0.4) is 0 Å². The predicted molar refractivity (Wildman–Crippen MR) is 83.6 cm³/mol. The van der Waals surface area contributed by atoms with Crippen molar-refractivity contribution in [2.75, 3.05) is 19.6 Å². The summed E-state index contributed by atoms with van der Waals surface area (Å²) >= 11 is 1.37. The van der Waals surface area contributed by atoms with E-state index in [4.69, 9.17) is 5.11 Å². The molecule has 2 N–H and O–H groups in total. The maximum Gasteiger partial charge on any atom is 0.328 e.